The first-order chi connectivity index (χ1) is 10.9. The van der Waals surface area contributed by atoms with Crippen LogP contribution in [0.15, 0.2) is 30.5 Å². The maximum absolute atomic E-state index is 5.46. The first-order valence-corrected chi connectivity index (χ1v) is 8.39. The smallest absolute Gasteiger partial charge is 0.136 e. The number of nitrogens with one attached hydrogen (secondary N) is 1. The van der Waals surface area contributed by atoms with Crippen molar-refractivity contribution < 1.29 is 4.74 Å². The number of morpholine rings is 1. The van der Waals surface area contributed by atoms with Crippen molar-refractivity contribution in [3.63, 3.8) is 0 Å². The zero-order valence-corrected chi connectivity index (χ0v) is 12.9. The Bertz CT molecular complexity index is 646. The largest absolute Gasteiger partial charge is 0.382 e. The highest BCUT2D eigenvalue weighted by Crippen LogP contribution is 2.32. The van der Waals surface area contributed by atoms with Gasteiger partial charge in [0.25, 0.3) is 0 Å². The molecule has 1 aliphatic carbocycles. The van der Waals surface area contributed by atoms with E-state index in [1.807, 2.05) is 6.20 Å². The lowest BCUT2D eigenvalue weighted by Crippen LogP contribution is -2.36. The fourth-order valence-corrected chi connectivity index (χ4v) is 3.63. The lowest BCUT2D eigenvalue weighted by Gasteiger charge is -2.29. The van der Waals surface area contributed by atoms with E-state index in [4.69, 9.17) is 4.74 Å². The highest BCUT2D eigenvalue weighted by atomic mass is 16.5. The lowest BCUT2D eigenvalue weighted by atomic mass is 10.1. The van der Waals surface area contributed by atoms with Crippen molar-refractivity contribution in [1.29, 1.82) is 0 Å². The van der Waals surface area contributed by atoms with Gasteiger partial charge >= 0.3 is 0 Å². The van der Waals surface area contributed by atoms with Crippen molar-refractivity contribution in [2.24, 2.45) is 0 Å². The van der Waals surface area contributed by atoms with Gasteiger partial charge in [0.2, 0.25) is 0 Å². The molecule has 2 aliphatic rings. The summed E-state index contributed by atoms with van der Waals surface area (Å²) in [5.74, 6) is 1.09. The molecule has 1 N–H and O–H groups in total. The van der Waals surface area contributed by atoms with Crippen LogP contribution in [0.2, 0.25) is 0 Å². The monoisotopic (exact) mass is 297 g/mol. The molecule has 2 fully saturated rings. The van der Waals surface area contributed by atoms with E-state index in [2.05, 4.69) is 39.5 Å². The molecular weight excluding hydrogens is 274 g/mol. The minimum atomic E-state index is 0.630. The Balaban J connectivity index is 1.70. The maximum Gasteiger partial charge on any atom is 0.136 e. The Labute approximate surface area is 131 Å². The topological polar surface area (TPSA) is 37.4 Å². The van der Waals surface area contributed by atoms with Crippen LogP contribution in [0.25, 0.3) is 10.8 Å². The zero-order chi connectivity index (χ0) is 14.8. The molecule has 0 radical (unpaired) electrons. The Kier molecular flexibility index (Phi) is 3.85. The van der Waals surface area contributed by atoms with Crippen molar-refractivity contribution in [3.05, 3.63) is 30.5 Å². The van der Waals surface area contributed by atoms with Crippen LogP contribution >= 0.6 is 0 Å². The molecule has 0 bridgehead atoms. The highest BCUT2D eigenvalue weighted by Gasteiger charge is 2.18. The van der Waals surface area contributed by atoms with Crippen LogP contribution in [0.1, 0.15) is 25.7 Å². The highest BCUT2D eigenvalue weighted by molar-refractivity contribution is 6.00. The molecule has 0 atom stereocenters. The average molecular weight is 297 g/mol. The number of aromatic nitrogens is 1. The summed E-state index contributed by atoms with van der Waals surface area (Å²) >= 11 is 0. The molecule has 0 spiro atoms. The van der Waals surface area contributed by atoms with E-state index in [1.54, 1.807) is 0 Å². The number of hydrogen-bond donors (Lipinski definition) is 1. The molecule has 1 saturated heterocycles. The normalized spacial score (nSPS) is 19.7. The van der Waals surface area contributed by atoms with Gasteiger partial charge in [-0.1, -0.05) is 25.0 Å². The molecule has 1 saturated carbocycles. The van der Waals surface area contributed by atoms with Crippen LogP contribution in [0.4, 0.5) is 11.5 Å². The molecule has 2 heterocycles. The molecule has 1 aromatic heterocycles. The van der Waals surface area contributed by atoms with E-state index in [0.717, 1.165) is 32.1 Å². The van der Waals surface area contributed by atoms with Gasteiger partial charge in [0.1, 0.15) is 5.82 Å². The fraction of sp³-hybridized carbons (Fsp3) is 0.500. The summed E-state index contributed by atoms with van der Waals surface area (Å²) < 4.78 is 5.46. The quantitative estimate of drug-likeness (QED) is 0.942. The molecule has 22 heavy (non-hydrogen) atoms. The standard InChI is InChI=1S/C18H23N3O/c1-2-5-14(4-1)20-17-7-3-6-16-15(17)8-9-19-18(16)21-10-12-22-13-11-21/h3,6-9,14,20H,1-2,4-5,10-13H2. The molecule has 4 nitrogen and oxygen atoms in total. The molecule has 0 amide bonds. The van der Waals surface area contributed by atoms with E-state index < -0.39 is 0 Å². The Hall–Kier alpha value is -1.81. The summed E-state index contributed by atoms with van der Waals surface area (Å²) in [5, 5.41) is 6.27. The van der Waals surface area contributed by atoms with Gasteiger partial charge in [0, 0.05) is 41.8 Å². The van der Waals surface area contributed by atoms with Gasteiger partial charge in [-0.15, -0.1) is 0 Å². The van der Waals surface area contributed by atoms with Crippen LogP contribution in [-0.4, -0.2) is 37.3 Å². The molecule has 4 heteroatoms. The molecule has 0 unspecified atom stereocenters. The summed E-state index contributed by atoms with van der Waals surface area (Å²) in [5.41, 5.74) is 1.25. The number of pyridine rings is 1. The predicted molar refractivity (Wildman–Crippen MR) is 90.7 cm³/mol. The maximum atomic E-state index is 5.46. The van der Waals surface area contributed by atoms with Gasteiger partial charge in [-0.3, -0.25) is 0 Å². The van der Waals surface area contributed by atoms with Crippen LogP contribution in [0, 0.1) is 0 Å². The van der Waals surface area contributed by atoms with E-state index in [9.17, 15) is 0 Å². The molecule has 116 valence electrons. The Morgan fingerprint density at radius 3 is 2.68 bits per heavy atom. The first-order valence-electron chi connectivity index (χ1n) is 8.39. The van der Waals surface area contributed by atoms with Crippen molar-refractivity contribution in [1.82, 2.24) is 4.98 Å². The number of ether oxygens (including phenoxy) is 1. The van der Waals surface area contributed by atoms with Gasteiger partial charge in [0.05, 0.1) is 13.2 Å². The molecular formula is C18H23N3O. The van der Waals surface area contributed by atoms with Gasteiger partial charge in [0.15, 0.2) is 0 Å². The third-order valence-electron chi connectivity index (χ3n) is 4.81. The minimum absolute atomic E-state index is 0.630. The molecule has 4 rings (SSSR count). The second-order valence-corrected chi connectivity index (χ2v) is 6.26. The predicted octanol–water partition coefficient (Wildman–Crippen LogP) is 3.43. The van der Waals surface area contributed by atoms with E-state index in [0.29, 0.717) is 6.04 Å². The Morgan fingerprint density at radius 2 is 1.86 bits per heavy atom. The van der Waals surface area contributed by atoms with Gasteiger partial charge < -0.3 is 15.0 Å². The van der Waals surface area contributed by atoms with E-state index in [-0.39, 0.29) is 0 Å². The van der Waals surface area contributed by atoms with E-state index in [1.165, 1.54) is 42.1 Å². The van der Waals surface area contributed by atoms with Crippen LogP contribution in [0.3, 0.4) is 0 Å². The number of anilines is 2. The number of nitrogens with zero attached hydrogens (tertiary/aromatic N) is 2. The van der Waals surface area contributed by atoms with Gasteiger partial charge in [-0.2, -0.15) is 0 Å². The number of rotatable bonds is 3. The molecule has 1 aromatic carbocycles. The molecule has 1 aliphatic heterocycles. The van der Waals surface area contributed by atoms with Gasteiger partial charge in [-0.25, -0.2) is 4.98 Å². The van der Waals surface area contributed by atoms with Crippen molar-refractivity contribution in [2.45, 2.75) is 31.7 Å². The second kappa shape index (κ2) is 6.13. The summed E-state index contributed by atoms with van der Waals surface area (Å²) in [6.45, 7) is 3.43. The zero-order valence-electron chi connectivity index (χ0n) is 12.9. The van der Waals surface area contributed by atoms with Gasteiger partial charge in [-0.05, 0) is 25.0 Å². The summed E-state index contributed by atoms with van der Waals surface area (Å²) in [7, 11) is 0. The fourth-order valence-electron chi connectivity index (χ4n) is 3.63. The number of fused-ring (bicyclic) bond motifs is 1. The summed E-state index contributed by atoms with van der Waals surface area (Å²) in [4.78, 5) is 6.98. The first kappa shape index (κ1) is 13.8. The van der Waals surface area contributed by atoms with Crippen molar-refractivity contribution in [3.8, 4) is 0 Å². The number of hydrogen-bond acceptors (Lipinski definition) is 4. The third-order valence-corrected chi connectivity index (χ3v) is 4.81. The summed E-state index contributed by atoms with van der Waals surface area (Å²) in [6.07, 6.45) is 7.22. The second-order valence-electron chi connectivity index (χ2n) is 6.26. The lowest BCUT2D eigenvalue weighted by molar-refractivity contribution is 0.122. The minimum Gasteiger partial charge on any atom is -0.382 e. The molecule has 2 aromatic rings. The van der Waals surface area contributed by atoms with Crippen molar-refractivity contribution in [2.75, 3.05) is 36.5 Å². The van der Waals surface area contributed by atoms with E-state index >= 15 is 0 Å². The Morgan fingerprint density at radius 1 is 1.05 bits per heavy atom. The van der Waals surface area contributed by atoms with Crippen LogP contribution in [0.5, 0.6) is 0 Å². The summed E-state index contributed by atoms with van der Waals surface area (Å²) in [6, 6.07) is 9.30. The number of benzene rings is 1. The van der Waals surface area contributed by atoms with Crippen LogP contribution in [-0.2, 0) is 4.74 Å². The SMILES string of the molecule is c1cc(NC2CCCC2)c2ccnc(N3CCOCC3)c2c1. The van der Waals surface area contributed by atoms with Crippen LogP contribution < -0.4 is 10.2 Å². The average Bonchev–Trinajstić information content (AvgIpc) is 3.09. The third kappa shape index (κ3) is 2.63. The van der Waals surface area contributed by atoms with Crippen molar-refractivity contribution >= 4 is 22.3 Å².